The number of amides is 2. The summed E-state index contributed by atoms with van der Waals surface area (Å²) in [6.07, 6.45) is 5.25. The molecule has 0 aliphatic heterocycles. The van der Waals surface area contributed by atoms with Gasteiger partial charge >= 0.3 is 0 Å². The number of halogens is 2. The fourth-order valence-electron chi connectivity index (χ4n) is 2.98. The Morgan fingerprint density at radius 1 is 0.870 bits per heavy atom. The van der Waals surface area contributed by atoms with Crippen LogP contribution >= 0.6 is 23.2 Å². The molecule has 0 radical (unpaired) electrons. The largest absolute Gasteiger partial charge is 0.353 e. The van der Waals surface area contributed by atoms with E-state index < -0.39 is 0 Å². The van der Waals surface area contributed by atoms with E-state index in [0.29, 0.717) is 21.8 Å². The van der Waals surface area contributed by atoms with Crippen molar-refractivity contribution >= 4 is 40.7 Å². The molecule has 4 nitrogen and oxygen atoms in total. The second-order valence-electron chi connectivity index (χ2n) is 6.45. The van der Waals surface area contributed by atoms with Crippen molar-refractivity contribution in [3.05, 3.63) is 28.2 Å². The van der Waals surface area contributed by atoms with Crippen LogP contribution < -0.4 is 10.6 Å². The number of anilines is 1. The van der Waals surface area contributed by atoms with E-state index in [4.69, 9.17) is 23.2 Å². The van der Waals surface area contributed by atoms with Crippen molar-refractivity contribution in [3.8, 4) is 0 Å². The van der Waals surface area contributed by atoms with Crippen LogP contribution in [0.4, 0.5) is 5.69 Å². The molecule has 2 aliphatic carbocycles. The zero-order valence-corrected chi connectivity index (χ0v) is 14.3. The van der Waals surface area contributed by atoms with E-state index >= 15 is 0 Å². The summed E-state index contributed by atoms with van der Waals surface area (Å²) < 4.78 is 0. The molecule has 3 rings (SSSR count). The summed E-state index contributed by atoms with van der Waals surface area (Å²) in [6, 6.07) is 5.45. The second kappa shape index (κ2) is 7.10. The molecule has 2 fully saturated rings. The maximum absolute atomic E-state index is 12.3. The van der Waals surface area contributed by atoms with Crippen LogP contribution in [0.2, 0.25) is 10.0 Å². The SMILES string of the molecule is O=C(Nc1ccc(Cl)c(Cl)c1)C1CCC(C(=O)NC2CC2)CC1. The predicted octanol–water partition coefficient (Wildman–Crippen LogP) is 4.02. The molecule has 0 aromatic heterocycles. The molecule has 0 atom stereocenters. The van der Waals surface area contributed by atoms with Gasteiger partial charge in [-0.05, 0) is 56.7 Å². The van der Waals surface area contributed by atoms with Crippen LogP contribution in [0.5, 0.6) is 0 Å². The van der Waals surface area contributed by atoms with Crippen LogP contribution in [-0.2, 0) is 9.59 Å². The number of carbonyl (C=O) groups excluding carboxylic acids is 2. The molecule has 1 aromatic rings. The molecule has 0 bridgehead atoms. The van der Waals surface area contributed by atoms with Crippen LogP contribution in [0.3, 0.4) is 0 Å². The van der Waals surface area contributed by atoms with Crippen molar-refractivity contribution in [1.29, 1.82) is 0 Å². The van der Waals surface area contributed by atoms with Crippen molar-refractivity contribution in [3.63, 3.8) is 0 Å². The van der Waals surface area contributed by atoms with Gasteiger partial charge in [0.1, 0.15) is 0 Å². The highest BCUT2D eigenvalue weighted by Gasteiger charge is 2.32. The summed E-state index contributed by atoms with van der Waals surface area (Å²) in [5.74, 6) is 0.166. The van der Waals surface area contributed by atoms with Gasteiger partial charge in [0.25, 0.3) is 0 Å². The van der Waals surface area contributed by atoms with Crippen LogP contribution in [0.25, 0.3) is 0 Å². The van der Waals surface area contributed by atoms with E-state index in [1.807, 2.05) is 0 Å². The number of hydrogen-bond acceptors (Lipinski definition) is 2. The monoisotopic (exact) mass is 354 g/mol. The number of carbonyl (C=O) groups is 2. The smallest absolute Gasteiger partial charge is 0.227 e. The van der Waals surface area contributed by atoms with Crippen LogP contribution in [-0.4, -0.2) is 17.9 Å². The molecular weight excluding hydrogens is 335 g/mol. The second-order valence-corrected chi connectivity index (χ2v) is 7.26. The van der Waals surface area contributed by atoms with Crippen molar-refractivity contribution in [2.24, 2.45) is 11.8 Å². The molecule has 1 aromatic carbocycles. The van der Waals surface area contributed by atoms with Gasteiger partial charge in [-0.3, -0.25) is 9.59 Å². The number of rotatable bonds is 4. The lowest BCUT2D eigenvalue weighted by Gasteiger charge is -2.27. The van der Waals surface area contributed by atoms with Crippen LogP contribution in [0.1, 0.15) is 38.5 Å². The molecule has 0 saturated heterocycles. The Hall–Kier alpha value is -1.26. The van der Waals surface area contributed by atoms with Gasteiger partial charge in [-0.25, -0.2) is 0 Å². The Kier molecular flexibility index (Phi) is 5.12. The Labute approximate surface area is 145 Å². The molecule has 2 saturated carbocycles. The number of hydrogen-bond donors (Lipinski definition) is 2. The first-order chi connectivity index (χ1) is 11.0. The van der Waals surface area contributed by atoms with Crippen molar-refractivity contribution in [1.82, 2.24) is 5.32 Å². The Balaban J connectivity index is 1.49. The van der Waals surface area contributed by atoms with Gasteiger partial charge in [0.05, 0.1) is 10.0 Å². The van der Waals surface area contributed by atoms with Gasteiger partial charge in [-0.2, -0.15) is 0 Å². The Morgan fingerprint density at radius 3 is 2.04 bits per heavy atom. The topological polar surface area (TPSA) is 58.2 Å². The maximum Gasteiger partial charge on any atom is 0.227 e. The maximum atomic E-state index is 12.3. The molecule has 2 aliphatic rings. The first-order valence-electron chi connectivity index (χ1n) is 8.09. The lowest BCUT2D eigenvalue weighted by atomic mass is 9.81. The molecule has 0 heterocycles. The summed E-state index contributed by atoms with van der Waals surface area (Å²) in [5.41, 5.74) is 0.651. The zero-order chi connectivity index (χ0) is 16.4. The predicted molar refractivity (Wildman–Crippen MR) is 91.7 cm³/mol. The lowest BCUT2D eigenvalue weighted by molar-refractivity contribution is -0.128. The third-order valence-corrected chi connectivity index (χ3v) is 5.32. The van der Waals surface area contributed by atoms with Gasteiger partial charge in [0.2, 0.25) is 11.8 Å². The first kappa shape index (κ1) is 16.6. The van der Waals surface area contributed by atoms with Crippen molar-refractivity contribution in [2.75, 3.05) is 5.32 Å². The zero-order valence-electron chi connectivity index (χ0n) is 12.8. The third kappa shape index (κ3) is 4.39. The Bertz CT molecular complexity index is 609. The fraction of sp³-hybridized carbons (Fsp3) is 0.529. The standard InChI is InChI=1S/C17H20Cl2N2O2/c18-14-8-7-13(9-15(14)19)21-17(23)11-3-1-10(2-4-11)16(22)20-12-5-6-12/h7-12H,1-6H2,(H,20,22)(H,21,23). The quantitative estimate of drug-likeness (QED) is 0.857. The third-order valence-electron chi connectivity index (χ3n) is 4.58. The average Bonchev–Trinajstić information content (AvgIpc) is 3.35. The normalized spacial score (nSPS) is 24.1. The van der Waals surface area contributed by atoms with E-state index in [1.54, 1.807) is 18.2 Å². The van der Waals surface area contributed by atoms with E-state index in [1.165, 1.54) is 0 Å². The summed E-state index contributed by atoms with van der Waals surface area (Å²) in [4.78, 5) is 24.4. The molecule has 2 amide bonds. The minimum Gasteiger partial charge on any atom is -0.353 e. The minimum absolute atomic E-state index is 0.00978. The molecular formula is C17H20Cl2N2O2. The Morgan fingerprint density at radius 2 is 1.48 bits per heavy atom. The van der Waals surface area contributed by atoms with E-state index in [2.05, 4.69) is 10.6 Å². The summed E-state index contributed by atoms with van der Waals surface area (Å²) >= 11 is 11.8. The molecule has 0 spiro atoms. The van der Waals surface area contributed by atoms with Gasteiger partial charge in [-0.15, -0.1) is 0 Å². The van der Waals surface area contributed by atoms with E-state index in [0.717, 1.165) is 38.5 Å². The summed E-state index contributed by atoms with van der Waals surface area (Å²) in [6.45, 7) is 0. The summed E-state index contributed by atoms with van der Waals surface area (Å²) in [7, 11) is 0. The molecule has 0 unspecified atom stereocenters. The van der Waals surface area contributed by atoms with Gasteiger partial charge in [0, 0.05) is 23.6 Å². The molecule has 23 heavy (non-hydrogen) atoms. The van der Waals surface area contributed by atoms with Crippen molar-refractivity contribution in [2.45, 2.75) is 44.6 Å². The van der Waals surface area contributed by atoms with E-state index in [9.17, 15) is 9.59 Å². The van der Waals surface area contributed by atoms with Crippen LogP contribution in [0, 0.1) is 11.8 Å². The number of benzene rings is 1. The van der Waals surface area contributed by atoms with Gasteiger partial charge in [-0.1, -0.05) is 23.2 Å². The molecule has 2 N–H and O–H groups in total. The lowest BCUT2D eigenvalue weighted by Crippen LogP contribution is -2.36. The first-order valence-corrected chi connectivity index (χ1v) is 8.85. The minimum atomic E-state index is -0.0468. The van der Waals surface area contributed by atoms with Crippen LogP contribution in [0.15, 0.2) is 18.2 Å². The summed E-state index contributed by atoms with van der Waals surface area (Å²) in [5, 5.41) is 6.82. The molecule has 124 valence electrons. The van der Waals surface area contributed by atoms with Crippen molar-refractivity contribution < 1.29 is 9.59 Å². The highest BCUT2D eigenvalue weighted by Crippen LogP contribution is 2.31. The highest BCUT2D eigenvalue weighted by atomic mass is 35.5. The molecule has 6 heteroatoms. The number of nitrogens with one attached hydrogen (secondary N) is 2. The fourth-order valence-corrected chi connectivity index (χ4v) is 3.28. The van der Waals surface area contributed by atoms with E-state index in [-0.39, 0.29) is 23.7 Å². The average molecular weight is 355 g/mol. The highest BCUT2D eigenvalue weighted by molar-refractivity contribution is 6.42. The van der Waals surface area contributed by atoms with Gasteiger partial charge in [0.15, 0.2) is 0 Å². The van der Waals surface area contributed by atoms with Gasteiger partial charge < -0.3 is 10.6 Å².